The largest absolute Gasteiger partial charge is 0.207 e. The Morgan fingerprint density at radius 1 is 0.500 bits per heavy atom. The lowest BCUT2D eigenvalue weighted by Crippen LogP contribution is -2.09. The van der Waals surface area contributed by atoms with Gasteiger partial charge in [-0.25, -0.2) is 8.78 Å². The summed E-state index contributed by atoms with van der Waals surface area (Å²) in [7, 11) is 0. The number of rotatable bonds is 2. The molecule has 4 aromatic carbocycles. The molecule has 0 radical (unpaired) electrons. The minimum atomic E-state index is -0.440. The highest BCUT2D eigenvalue weighted by atomic mass is 19.1. The van der Waals surface area contributed by atoms with Crippen LogP contribution in [-0.2, 0) is 0 Å². The summed E-state index contributed by atoms with van der Waals surface area (Å²) in [5.74, 6) is -0.880. The second kappa shape index (κ2) is 8.39. The number of benzene rings is 4. The SMILES string of the molecule is N#CC(C#N)=c1c(-c2ccc(F)cc2)c2c3ccc(C#N)c4c(C#N)ccc(c-2c1-c1ccc(F)cc1)c34. The Morgan fingerprint density at radius 2 is 0.921 bits per heavy atom. The molecular formula is C32H12F2N4. The van der Waals surface area contributed by atoms with Gasteiger partial charge in [0.25, 0.3) is 0 Å². The van der Waals surface area contributed by atoms with E-state index in [1.165, 1.54) is 24.3 Å². The van der Waals surface area contributed by atoms with Crippen molar-refractivity contribution >= 4 is 27.1 Å². The first kappa shape index (κ1) is 22.6. The van der Waals surface area contributed by atoms with Crippen molar-refractivity contribution < 1.29 is 8.78 Å². The normalized spacial score (nSPS) is 10.8. The van der Waals surface area contributed by atoms with Gasteiger partial charge in [0.15, 0.2) is 0 Å². The molecule has 4 aromatic rings. The lowest BCUT2D eigenvalue weighted by Gasteiger charge is -2.07. The van der Waals surface area contributed by atoms with E-state index in [0.717, 1.165) is 10.8 Å². The average molecular weight is 490 g/mol. The van der Waals surface area contributed by atoms with Crippen LogP contribution in [0, 0.1) is 57.0 Å². The Hall–Kier alpha value is -5.82. The molecule has 0 unspecified atom stereocenters. The van der Waals surface area contributed by atoms with Crippen LogP contribution in [0.15, 0.2) is 72.8 Å². The fourth-order valence-electron chi connectivity index (χ4n) is 5.46. The highest BCUT2D eigenvalue weighted by Gasteiger charge is 2.31. The zero-order valence-electron chi connectivity index (χ0n) is 19.5. The Morgan fingerprint density at radius 3 is 1.29 bits per heavy atom. The number of nitrogens with zero attached hydrogens (tertiary/aromatic N) is 4. The molecule has 4 nitrogen and oxygen atoms in total. The van der Waals surface area contributed by atoms with E-state index in [1.54, 1.807) is 48.5 Å². The molecular weight excluding hydrogens is 478 g/mol. The molecule has 0 bridgehead atoms. The monoisotopic (exact) mass is 490 g/mol. The Bertz CT molecular complexity index is 1970. The number of halogens is 2. The maximum Gasteiger partial charge on any atom is 0.138 e. The van der Waals surface area contributed by atoms with E-state index < -0.39 is 11.6 Å². The van der Waals surface area contributed by atoms with Crippen LogP contribution in [0.25, 0.3) is 60.5 Å². The lowest BCUT2D eigenvalue weighted by molar-refractivity contribution is 0.627. The minimum Gasteiger partial charge on any atom is -0.207 e. The van der Waals surface area contributed by atoms with Gasteiger partial charge in [-0.3, -0.25) is 0 Å². The van der Waals surface area contributed by atoms with Gasteiger partial charge in [0, 0.05) is 27.1 Å². The van der Waals surface area contributed by atoms with E-state index in [-0.39, 0.29) is 5.57 Å². The van der Waals surface area contributed by atoms with Crippen LogP contribution in [0.2, 0.25) is 0 Å². The fraction of sp³-hybridized carbons (Fsp3) is 0. The van der Waals surface area contributed by atoms with Crippen LogP contribution in [0.3, 0.4) is 0 Å². The predicted molar refractivity (Wildman–Crippen MR) is 139 cm³/mol. The molecule has 38 heavy (non-hydrogen) atoms. The topological polar surface area (TPSA) is 95.2 Å². The van der Waals surface area contributed by atoms with Gasteiger partial charge in [0.1, 0.15) is 29.3 Å². The Balaban J connectivity index is 1.98. The second-order valence-electron chi connectivity index (χ2n) is 8.78. The quantitative estimate of drug-likeness (QED) is 0.266. The van der Waals surface area contributed by atoms with E-state index in [4.69, 9.17) is 0 Å². The molecule has 174 valence electrons. The molecule has 0 spiro atoms. The molecule has 0 heterocycles. The van der Waals surface area contributed by atoms with Crippen LogP contribution in [0.4, 0.5) is 8.78 Å². The molecule has 0 amide bonds. The van der Waals surface area contributed by atoms with Gasteiger partial charge < -0.3 is 0 Å². The fourth-order valence-corrected chi connectivity index (χ4v) is 5.46. The van der Waals surface area contributed by atoms with E-state index in [2.05, 4.69) is 12.1 Å². The minimum absolute atomic E-state index is 0.141. The molecule has 6 heteroatoms. The van der Waals surface area contributed by atoms with Crippen molar-refractivity contribution in [2.45, 2.75) is 0 Å². The molecule has 6 rings (SSSR count). The summed E-state index contributed by atoms with van der Waals surface area (Å²) >= 11 is 0. The number of nitriles is 4. The van der Waals surface area contributed by atoms with Crippen molar-refractivity contribution in [3.05, 3.63) is 101 Å². The van der Waals surface area contributed by atoms with Crippen LogP contribution in [-0.4, -0.2) is 0 Å². The maximum atomic E-state index is 13.9. The summed E-state index contributed by atoms with van der Waals surface area (Å²) in [6, 6.07) is 26.8. The molecule has 0 N–H and O–H groups in total. The molecule has 0 saturated heterocycles. The predicted octanol–water partition coefficient (Wildman–Crippen LogP) is 6.81. The number of fused-ring (bicyclic) bond motifs is 3. The van der Waals surface area contributed by atoms with E-state index in [1.807, 2.05) is 12.1 Å². The second-order valence-corrected chi connectivity index (χ2v) is 8.78. The van der Waals surface area contributed by atoms with Crippen molar-refractivity contribution in [2.24, 2.45) is 0 Å². The van der Waals surface area contributed by atoms with Gasteiger partial charge in [-0.1, -0.05) is 36.4 Å². The first-order chi connectivity index (χ1) is 18.5. The smallest absolute Gasteiger partial charge is 0.138 e. The average Bonchev–Trinajstić information content (AvgIpc) is 3.45. The van der Waals surface area contributed by atoms with Gasteiger partial charge >= 0.3 is 0 Å². The summed E-state index contributed by atoms with van der Waals surface area (Å²) < 4.78 is 27.9. The van der Waals surface area contributed by atoms with E-state index >= 15 is 0 Å². The first-order valence-electron chi connectivity index (χ1n) is 11.5. The molecule has 0 fully saturated rings. The van der Waals surface area contributed by atoms with Crippen LogP contribution < -0.4 is 5.22 Å². The van der Waals surface area contributed by atoms with E-state index in [0.29, 0.717) is 60.5 Å². The van der Waals surface area contributed by atoms with Crippen molar-refractivity contribution in [1.82, 2.24) is 0 Å². The summed E-state index contributed by atoms with van der Waals surface area (Å²) in [6.07, 6.45) is 0. The van der Waals surface area contributed by atoms with E-state index in [9.17, 15) is 29.8 Å². The van der Waals surface area contributed by atoms with Gasteiger partial charge in [0.05, 0.1) is 23.3 Å². The summed E-state index contributed by atoms with van der Waals surface area (Å²) in [6.45, 7) is 0. The lowest BCUT2D eigenvalue weighted by atomic mass is 9.94. The van der Waals surface area contributed by atoms with Gasteiger partial charge in [-0.2, -0.15) is 21.0 Å². The third-order valence-corrected chi connectivity index (χ3v) is 6.93. The first-order valence-corrected chi connectivity index (χ1v) is 11.5. The zero-order chi connectivity index (χ0) is 26.6. The van der Waals surface area contributed by atoms with Crippen LogP contribution >= 0.6 is 0 Å². The van der Waals surface area contributed by atoms with Crippen molar-refractivity contribution in [3.63, 3.8) is 0 Å². The third kappa shape index (κ3) is 3.02. The summed E-state index contributed by atoms with van der Waals surface area (Å²) in [4.78, 5) is 0. The molecule has 2 aliphatic carbocycles. The van der Waals surface area contributed by atoms with Crippen molar-refractivity contribution in [1.29, 1.82) is 21.0 Å². The molecule has 0 aromatic heterocycles. The number of hydrogen-bond donors (Lipinski definition) is 0. The molecule has 0 atom stereocenters. The van der Waals surface area contributed by atoms with Crippen molar-refractivity contribution in [2.75, 3.05) is 0 Å². The summed E-state index contributed by atoms with van der Waals surface area (Å²) in [5, 5.41) is 42.6. The Labute approximate surface area is 215 Å². The highest BCUT2D eigenvalue weighted by molar-refractivity contribution is 6.31. The molecule has 2 aliphatic rings. The van der Waals surface area contributed by atoms with Gasteiger partial charge in [0.2, 0.25) is 0 Å². The number of hydrogen-bond acceptors (Lipinski definition) is 4. The van der Waals surface area contributed by atoms with Crippen LogP contribution in [0.1, 0.15) is 11.1 Å². The third-order valence-electron chi connectivity index (χ3n) is 6.93. The maximum absolute atomic E-state index is 13.9. The standard InChI is InChI=1S/C32H12F2N4/c33-22-7-1-17(2-8-22)27-29(21(15-37)16-38)28(18-3-9-23(34)10-4-18)32-25-12-6-20(14-36)26-19(13-35)5-11-24(30(25)26)31(27)32/h1-12H. The zero-order valence-corrected chi connectivity index (χ0v) is 19.5. The Kier molecular flexibility index (Phi) is 5.00. The summed E-state index contributed by atoms with van der Waals surface area (Å²) in [5.41, 5.74) is 4.23. The van der Waals surface area contributed by atoms with Crippen molar-refractivity contribution in [3.8, 4) is 57.7 Å². The van der Waals surface area contributed by atoms with Gasteiger partial charge in [-0.15, -0.1) is 0 Å². The molecule has 0 saturated carbocycles. The molecule has 0 aliphatic heterocycles. The van der Waals surface area contributed by atoms with Gasteiger partial charge in [-0.05, 0) is 69.4 Å². The van der Waals surface area contributed by atoms with Crippen LogP contribution in [0.5, 0.6) is 0 Å². The highest BCUT2D eigenvalue weighted by Crippen LogP contribution is 2.52.